The van der Waals surface area contributed by atoms with E-state index in [1.54, 1.807) is 47.4 Å². The van der Waals surface area contributed by atoms with Crippen molar-refractivity contribution >= 4 is 28.3 Å². The fourth-order valence-corrected chi connectivity index (χ4v) is 5.01. The van der Waals surface area contributed by atoms with Crippen molar-refractivity contribution in [3.05, 3.63) is 89.5 Å². The molecule has 1 heterocycles. The van der Waals surface area contributed by atoms with Crippen molar-refractivity contribution < 1.29 is 23.3 Å². The molecule has 0 radical (unpaired) electrons. The highest BCUT2D eigenvalue weighted by Gasteiger charge is 2.31. The van der Waals surface area contributed by atoms with Crippen molar-refractivity contribution in [3.63, 3.8) is 0 Å². The minimum atomic E-state index is -1.58. The molecule has 0 spiro atoms. The zero-order valence-corrected chi connectivity index (χ0v) is 19.1. The quantitative estimate of drug-likeness (QED) is 0.542. The molecule has 0 fully saturated rings. The molecule has 1 N–H and O–H groups in total. The Kier molecular flexibility index (Phi) is 6.98. The summed E-state index contributed by atoms with van der Waals surface area (Å²) in [7, 11) is 1.40. The Balaban J connectivity index is 1.76. The Bertz CT molecular complexity index is 1190. The molecule has 1 unspecified atom stereocenters. The van der Waals surface area contributed by atoms with Crippen LogP contribution in [0.2, 0.25) is 0 Å². The number of carbonyl (C=O) groups is 2. The lowest BCUT2D eigenvalue weighted by Gasteiger charge is -2.23. The third-order valence-electron chi connectivity index (χ3n) is 5.41. The van der Waals surface area contributed by atoms with Gasteiger partial charge in [-0.2, -0.15) is 0 Å². The third kappa shape index (κ3) is 4.73. The van der Waals surface area contributed by atoms with Gasteiger partial charge in [-0.15, -0.1) is 0 Å². The first-order valence-electron chi connectivity index (χ1n) is 10.4. The number of anilines is 1. The second-order valence-corrected chi connectivity index (χ2v) is 8.85. The van der Waals surface area contributed by atoms with Crippen LogP contribution in [0.15, 0.2) is 82.6 Å². The van der Waals surface area contributed by atoms with E-state index in [1.807, 2.05) is 30.3 Å². The fraction of sp³-hybridized carbons (Fsp3) is 0.200. The van der Waals surface area contributed by atoms with Crippen LogP contribution in [0.3, 0.4) is 0 Å². The number of nitrogens with zero attached hydrogens (tertiary/aromatic N) is 1. The number of fused-ring (bicyclic) bond motifs is 2. The molecule has 1 atom stereocenters. The van der Waals surface area contributed by atoms with E-state index in [0.717, 1.165) is 5.56 Å². The molecule has 0 bridgehead atoms. The van der Waals surface area contributed by atoms with Crippen LogP contribution in [0.4, 0.5) is 5.69 Å². The van der Waals surface area contributed by atoms with Crippen molar-refractivity contribution in [1.82, 2.24) is 5.32 Å². The molecule has 0 aromatic heterocycles. The van der Waals surface area contributed by atoms with Gasteiger partial charge in [-0.05, 0) is 35.9 Å². The van der Waals surface area contributed by atoms with Gasteiger partial charge in [0.05, 0.1) is 44.9 Å². The van der Waals surface area contributed by atoms with E-state index in [9.17, 15) is 13.8 Å². The molecule has 3 aromatic carbocycles. The summed E-state index contributed by atoms with van der Waals surface area (Å²) in [6, 6.07) is 21.3. The number of methoxy groups -OCH3 is 2. The van der Waals surface area contributed by atoms with Crippen LogP contribution in [0.5, 0.6) is 0 Å². The number of rotatable bonds is 7. The largest absolute Gasteiger partial charge is 0.354 e. The molecular weight excluding hydrogens is 440 g/mol. The highest BCUT2D eigenvalue weighted by atomic mass is 32.2. The zero-order chi connectivity index (χ0) is 23.4. The van der Waals surface area contributed by atoms with Gasteiger partial charge in [-0.25, -0.2) is 4.21 Å². The second kappa shape index (κ2) is 10.1. The van der Waals surface area contributed by atoms with E-state index in [4.69, 9.17) is 9.47 Å². The van der Waals surface area contributed by atoms with Crippen molar-refractivity contribution in [3.8, 4) is 0 Å². The molecule has 2 amide bonds. The number of carbonyl (C=O) groups excluding carboxylic acids is 2. The smallest absolute Gasteiger partial charge is 0.259 e. The Hall–Kier alpha value is -3.33. The lowest BCUT2D eigenvalue weighted by atomic mass is 10.1. The number of nitrogens with one attached hydrogen (secondary N) is 1. The molecule has 0 aliphatic carbocycles. The van der Waals surface area contributed by atoms with Crippen LogP contribution >= 0.6 is 0 Å². The van der Waals surface area contributed by atoms with Gasteiger partial charge >= 0.3 is 0 Å². The van der Waals surface area contributed by atoms with Gasteiger partial charge in [0.25, 0.3) is 11.8 Å². The first-order valence-corrected chi connectivity index (χ1v) is 11.5. The Morgan fingerprint density at radius 3 is 2.39 bits per heavy atom. The van der Waals surface area contributed by atoms with E-state index in [2.05, 4.69) is 5.32 Å². The first-order chi connectivity index (χ1) is 16.0. The molecule has 0 saturated heterocycles. The van der Waals surface area contributed by atoms with Gasteiger partial charge in [0, 0.05) is 19.8 Å². The fourth-order valence-electron chi connectivity index (χ4n) is 3.67. The molecule has 1 aliphatic heterocycles. The van der Waals surface area contributed by atoms with Gasteiger partial charge in [0.15, 0.2) is 6.29 Å². The van der Waals surface area contributed by atoms with Gasteiger partial charge in [0.2, 0.25) is 0 Å². The Labute approximate surface area is 194 Å². The Morgan fingerprint density at radius 1 is 0.970 bits per heavy atom. The highest BCUT2D eigenvalue weighted by Crippen LogP contribution is 2.36. The summed E-state index contributed by atoms with van der Waals surface area (Å²) in [5.41, 5.74) is 2.09. The predicted molar refractivity (Wildman–Crippen MR) is 125 cm³/mol. The van der Waals surface area contributed by atoms with Crippen molar-refractivity contribution in [2.24, 2.45) is 0 Å². The van der Waals surface area contributed by atoms with Gasteiger partial charge < -0.3 is 19.7 Å². The Morgan fingerprint density at radius 2 is 1.67 bits per heavy atom. The van der Waals surface area contributed by atoms with E-state index in [1.165, 1.54) is 14.2 Å². The SMILES string of the molecule is COC(CNC(=O)c1ccc2c(c1)N(Cc1ccccc1)C(=O)c1ccccc1S2=O)OC. The number of hydrogen-bond donors (Lipinski definition) is 1. The van der Waals surface area contributed by atoms with Gasteiger partial charge in [-0.3, -0.25) is 9.59 Å². The number of ether oxygens (including phenoxy) is 2. The summed E-state index contributed by atoms with van der Waals surface area (Å²) in [6.45, 7) is 0.436. The molecule has 4 rings (SSSR count). The lowest BCUT2D eigenvalue weighted by molar-refractivity contribution is -0.0974. The van der Waals surface area contributed by atoms with Crippen LogP contribution in [0.25, 0.3) is 0 Å². The first kappa shape index (κ1) is 22.8. The molecule has 0 saturated carbocycles. The second-order valence-electron chi connectivity index (χ2n) is 7.44. The number of benzene rings is 3. The van der Waals surface area contributed by atoms with Crippen LogP contribution in [-0.4, -0.2) is 43.1 Å². The predicted octanol–water partition coefficient (Wildman–Crippen LogP) is 3.36. The molecule has 7 nitrogen and oxygen atoms in total. The summed E-state index contributed by atoms with van der Waals surface area (Å²) in [6.07, 6.45) is -0.576. The van der Waals surface area contributed by atoms with Crippen LogP contribution in [-0.2, 0) is 26.8 Å². The average Bonchev–Trinajstić information content (AvgIpc) is 2.94. The summed E-state index contributed by atoms with van der Waals surface area (Å²) < 4.78 is 23.7. The highest BCUT2D eigenvalue weighted by molar-refractivity contribution is 7.85. The topological polar surface area (TPSA) is 84.9 Å². The summed E-state index contributed by atoms with van der Waals surface area (Å²) in [5, 5.41) is 2.76. The average molecular weight is 465 g/mol. The summed E-state index contributed by atoms with van der Waals surface area (Å²) >= 11 is 0. The van der Waals surface area contributed by atoms with Crippen molar-refractivity contribution in [1.29, 1.82) is 0 Å². The molecule has 170 valence electrons. The maximum absolute atomic E-state index is 13.6. The molecule has 1 aliphatic rings. The minimum Gasteiger partial charge on any atom is -0.354 e. The maximum atomic E-state index is 13.6. The van der Waals surface area contributed by atoms with Crippen LogP contribution in [0.1, 0.15) is 26.3 Å². The maximum Gasteiger partial charge on any atom is 0.259 e. The van der Waals surface area contributed by atoms with Crippen LogP contribution in [0, 0.1) is 0 Å². The summed E-state index contributed by atoms with van der Waals surface area (Å²) in [5.74, 6) is -0.616. The number of hydrogen-bond acceptors (Lipinski definition) is 5. The molecule has 3 aromatic rings. The van der Waals surface area contributed by atoms with Gasteiger partial charge in [-0.1, -0.05) is 42.5 Å². The van der Waals surface area contributed by atoms with Crippen molar-refractivity contribution in [2.45, 2.75) is 22.6 Å². The van der Waals surface area contributed by atoms with Crippen molar-refractivity contribution in [2.75, 3.05) is 25.7 Å². The van der Waals surface area contributed by atoms with E-state index < -0.39 is 17.1 Å². The lowest BCUT2D eigenvalue weighted by Crippen LogP contribution is -2.34. The van der Waals surface area contributed by atoms with E-state index in [-0.39, 0.29) is 24.9 Å². The number of amides is 2. The van der Waals surface area contributed by atoms with Gasteiger partial charge in [0.1, 0.15) is 0 Å². The molecule has 33 heavy (non-hydrogen) atoms. The standard InChI is InChI=1S/C25H24N2O5S/c1-31-23(32-2)15-26-24(28)18-12-13-22-20(14-18)27(16-17-8-4-3-5-9-17)25(29)19-10-6-7-11-21(19)33(22)30/h3-14,23H,15-16H2,1-2H3,(H,26,28). The molecular formula is C25H24N2O5S. The molecule has 8 heteroatoms. The van der Waals surface area contributed by atoms with E-state index in [0.29, 0.717) is 26.6 Å². The van der Waals surface area contributed by atoms with Crippen LogP contribution < -0.4 is 10.2 Å². The minimum absolute atomic E-state index is 0.160. The van der Waals surface area contributed by atoms with E-state index >= 15 is 0 Å². The summed E-state index contributed by atoms with van der Waals surface area (Å²) in [4.78, 5) is 28.9. The monoisotopic (exact) mass is 464 g/mol. The zero-order valence-electron chi connectivity index (χ0n) is 18.3. The third-order valence-corrected chi connectivity index (χ3v) is 6.91. The normalized spacial score (nSPS) is 15.1.